The quantitative estimate of drug-likeness (QED) is 0.446. The van der Waals surface area contributed by atoms with Crippen LogP contribution in [-0.4, -0.2) is 48.0 Å². The van der Waals surface area contributed by atoms with Crippen molar-refractivity contribution in [3.63, 3.8) is 0 Å². The van der Waals surface area contributed by atoms with Crippen LogP contribution in [0, 0.1) is 11.8 Å². The van der Waals surface area contributed by atoms with Crippen molar-refractivity contribution in [1.29, 1.82) is 0 Å². The van der Waals surface area contributed by atoms with E-state index >= 15 is 0 Å². The second-order valence-corrected chi connectivity index (χ2v) is 10.1. The number of allylic oxidation sites excluding steroid dienone is 3. The number of aromatic hydroxyl groups is 1. The third-order valence-corrected chi connectivity index (χ3v) is 7.68. The summed E-state index contributed by atoms with van der Waals surface area (Å²) >= 11 is 0. The van der Waals surface area contributed by atoms with Gasteiger partial charge in [0.25, 0.3) is 0 Å². The van der Waals surface area contributed by atoms with Crippen LogP contribution in [0.3, 0.4) is 0 Å². The summed E-state index contributed by atoms with van der Waals surface area (Å²) in [5.41, 5.74) is 2.31. The van der Waals surface area contributed by atoms with Crippen molar-refractivity contribution in [1.82, 2.24) is 4.90 Å². The Morgan fingerprint density at radius 1 is 0.971 bits per heavy atom. The van der Waals surface area contributed by atoms with Crippen molar-refractivity contribution in [2.75, 3.05) is 32.8 Å². The Kier molecular flexibility index (Phi) is 7.63. The molecule has 186 valence electrons. The number of fused-ring (bicyclic) bond motifs is 1. The standard InChI is InChI=1S/C30H37NO4/c32-24-10-6-22(7-11-24)28-21-35-29-20-25(33)12-15-27(29)30(28)23-8-13-26(14-9-23)34-19-5-4-18-31-16-2-1-3-17-31/h6,8-15,20,22,28,30,32-33H,1-5,7,16-19,21H2. The van der Waals surface area contributed by atoms with Crippen LogP contribution in [0.15, 0.2) is 66.5 Å². The smallest absolute Gasteiger partial charge is 0.126 e. The summed E-state index contributed by atoms with van der Waals surface area (Å²) in [5, 5.41) is 19.8. The average Bonchev–Trinajstić information content (AvgIpc) is 2.89. The van der Waals surface area contributed by atoms with Crippen LogP contribution in [0.25, 0.3) is 0 Å². The van der Waals surface area contributed by atoms with E-state index in [0.717, 1.165) is 36.5 Å². The number of rotatable bonds is 8. The zero-order valence-corrected chi connectivity index (χ0v) is 20.4. The Balaban J connectivity index is 1.24. The van der Waals surface area contributed by atoms with Crippen molar-refractivity contribution in [2.45, 2.75) is 44.4 Å². The number of aliphatic hydroxyl groups excluding tert-OH is 1. The summed E-state index contributed by atoms with van der Waals surface area (Å²) in [6.45, 7) is 5.02. The molecule has 0 radical (unpaired) electrons. The number of ether oxygens (including phenoxy) is 2. The van der Waals surface area contributed by atoms with Gasteiger partial charge >= 0.3 is 0 Å². The molecule has 2 aromatic carbocycles. The highest BCUT2D eigenvalue weighted by atomic mass is 16.5. The molecule has 5 nitrogen and oxygen atoms in total. The molecule has 1 fully saturated rings. The van der Waals surface area contributed by atoms with Crippen molar-refractivity contribution in [3.8, 4) is 17.2 Å². The minimum absolute atomic E-state index is 0.140. The Morgan fingerprint density at radius 2 is 1.80 bits per heavy atom. The molecule has 0 aromatic heterocycles. The highest BCUT2D eigenvalue weighted by molar-refractivity contribution is 5.49. The van der Waals surface area contributed by atoms with Gasteiger partial charge in [-0.1, -0.05) is 30.7 Å². The second-order valence-electron chi connectivity index (χ2n) is 10.1. The Hall–Kier alpha value is -2.92. The van der Waals surface area contributed by atoms with Gasteiger partial charge in [0.15, 0.2) is 0 Å². The first kappa shape index (κ1) is 23.8. The van der Waals surface area contributed by atoms with Gasteiger partial charge in [-0.15, -0.1) is 0 Å². The minimum Gasteiger partial charge on any atom is -0.508 e. The molecular weight excluding hydrogens is 438 g/mol. The third kappa shape index (κ3) is 5.84. The highest BCUT2D eigenvalue weighted by Crippen LogP contribution is 2.47. The van der Waals surface area contributed by atoms with Gasteiger partial charge in [0.05, 0.1) is 13.2 Å². The molecule has 3 atom stereocenters. The molecular formula is C30H37NO4. The number of piperidine rings is 1. The first-order valence-electron chi connectivity index (χ1n) is 13.2. The number of nitrogens with zero attached hydrogens (tertiary/aromatic N) is 1. The van der Waals surface area contributed by atoms with E-state index in [9.17, 15) is 10.2 Å². The molecule has 2 aliphatic heterocycles. The predicted octanol–water partition coefficient (Wildman–Crippen LogP) is 6.20. The van der Waals surface area contributed by atoms with Crippen LogP contribution in [0.2, 0.25) is 0 Å². The maximum absolute atomic E-state index is 9.97. The van der Waals surface area contributed by atoms with Crippen LogP contribution >= 0.6 is 0 Å². The zero-order chi connectivity index (χ0) is 24.0. The minimum atomic E-state index is 0.140. The molecule has 2 aromatic rings. The normalized spacial score (nSPS) is 24.3. The first-order chi connectivity index (χ1) is 17.2. The van der Waals surface area contributed by atoms with Crippen LogP contribution in [0.1, 0.15) is 55.6 Å². The lowest BCUT2D eigenvalue weighted by atomic mass is 9.71. The maximum Gasteiger partial charge on any atom is 0.126 e. The van der Waals surface area contributed by atoms with E-state index in [1.807, 2.05) is 12.1 Å². The van der Waals surface area contributed by atoms with Crippen molar-refractivity contribution in [3.05, 3.63) is 77.6 Å². The molecule has 1 aliphatic carbocycles. The van der Waals surface area contributed by atoms with E-state index in [4.69, 9.17) is 9.47 Å². The molecule has 5 heteroatoms. The topological polar surface area (TPSA) is 62.2 Å². The lowest BCUT2D eigenvalue weighted by Gasteiger charge is -2.38. The lowest BCUT2D eigenvalue weighted by Crippen LogP contribution is -2.32. The van der Waals surface area contributed by atoms with Crippen LogP contribution in [-0.2, 0) is 0 Å². The van der Waals surface area contributed by atoms with Gasteiger partial charge in [0.2, 0.25) is 0 Å². The van der Waals surface area contributed by atoms with E-state index < -0.39 is 0 Å². The summed E-state index contributed by atoms with van der Waals surface area (Å²) in [7, 11) is 0. The van der Waals surface area contributed by atoms with E-state index in [2.05, 4.69) is 35.2 Å². The number of aliphatic hydroxyl groups is 1. The SMILES string of the molecule is OC1=CCC(C2COc3cc(O)ccc3C2c2ccc(OCCCCN3CCCCC3)cc2)C=C1. The van der Waals surface area contributed by atoms with Gasteiger partial charge < -0.3 is 24.6 Å². The number of phenols is 1. The molecule has 2 heterocycles. The molecule has 0 amide bonds. The monoisotopic (exact) mass is 475 g/mol. The Morgan fingerprint density at radius 3 is 2.57 bits per heavy atom. The van der Waals surface area contributed by atoms with Gasteiger partial charge in [-0.3, -0.25) is 0 Å². The molecule has 2 N–H and O–H groups in total. The van der Waals surface area contributed by atoms with Crippen molar-refractivity contribution >= 4 is 0 Å². The number of likely N-dealkylation sites (tertiary alicyclic amines) is 1. The zero-order valence-electron chi connectivity index (χ0n) is 20.4. The van der Waals surface area contributed by atoms with E-state index in [1.165, 1.54) is 50.9 Å². The summed E-state index contributed by atoms with van der Waals surface area (Å²) in [5.74, 6) is 2.85. The fourth-order valence-electron chi connectivity index (χ4n) is 5.74. The second kappa shape index (κ2) is 11.2. The molecule has 0 bridgehead atoms. The molecule has 0 spiro atoms. The summed E-state index contributed by atoms with van der Waals surface area (Å²) in [6, 6.07) is 13.9. The largest absolute Gasteiger partial charge is 0.508 e. The summed E-state index contributed by atoms with van der Waals surface area (Å²) in [6.07, 6.45) is 12.9. The van der Waals surface area contributed by atoms with Gasteiger partial charge in [0.1, 0.15) is 23.0 Å². The fraction of sp³-hybridized carbons (Fsp3) is 0.467. The number of hydrogen-bond acceptors (Lipinski definition) is 5. The molecule has 3 unspecified atom stereocenters. The summed E-state index contributed by atoms with van der Waals surface area (Å²) < 4.78 is 12.1. The van der Waals surface area contributed by atoms with Gasteiger partial charge in [-0.25, -0.2) is 0 Å². The van der Waals surface area contributed by atoms with Gasteiger partial charge in [-0.05, 0) is 93.6 Å². The highest BCUT2D eigenvalue weighted by Gasteiger charge is 2.36. The molecule has 35 heavy (non-hydrogen) atoms. The number of hydrogen-bond donors (Lipinski definition) is 2. The molecule has 3 aliphatic rings. The number of phenolic OH excluding ortho intramolecular Hbond substituents is 1. The van der Waals surface area contributed by atoms with Crippen LogP contribution in [0.5, 0.6) is 17.2 Å². The van der Waals surface area contributed by atoms with E-state index in [-0.39, 0.29) is 23.5 Å². The lowest BCUT2D eigenvalue weighted by molar-refractivity contribution is 0.170. The number of benzene rings is 2. The average molecular weight is 476 g/mol. The molecule has 0 saturated carbocycles. The predicted molar refractivity (Wildman–Crippen MR) is 138 cm³/mol. The first-order valence-corrected chi connectivity index (χ1v) is 13.2. The van der Waals surface area contributed by atoms with Gasteiger partial charge in [0, 0.05) is 23.5 Å². The van der Waals surface area contributed by atoms with Gasteiger partial charge in [-0.2, -0.15) is 0 Å². The van der Waals surface area contributed by atoms with Crippen molar-refractivity contribution < 1.29 is 19.7 Å². The molecule has 1 saturated heterocycles. The summed E-state index contributed by atoms with van der Waals surface area (Å²) in [4.78, 5) is 2.58. The Bertz CT molecular complexity index is 1040. The van der Waals surface area contributed by atoms with Crippen LogP contribution < -0.4 is 9.47 Å². The van der Waals surface area contributed by atoms with E-state index in [1.54, 1.807) is 18.2 Å². The molecule has 5 rings (SSSR count). The third-order valence-electron chi connectivity index (χ3n) is 7.68. The van der Waals surface area contributed by atoms with Crippen molar-refractivity contribution in [2.24, 2.45) is 11.8 Å². The van der Waals surface area contributed by atoms with E-state index in [0.29, 0.717) is 12.4 Å². The Labute approximate surface area is 208 Å². The van der Waals surface area contributed by atoms with Crippen LogP contribution in [0.4, 0.5) is 0 Å². The fourth-order valence-corrected chi connectivity index (χ4v) is 5.74. The number of unbranched alkanes of at least 4 members (excludes halogenated alkanes) is 1. The maximum atomic E-state index is 9.97.